The summed E-state index contributed by atoms with van der Waals surface area (Å²) in [6.07, 6.45) is 0.886. The van der Waals surface area contributed by atoms with Gasteiger partial charge in [0.2, 0.25) is 15.9 Å². The first-order valence-electron chi connectivity index (χ1n) is 5.77. The Labute approximate surface area is 106 Å². The number of carbonyl (C=O) groups is 1. The van der Waals surface area contributed by atoms with Crippen molar-refractivity contribution in [3.05, 3.63) is 0 Å². The summed E-state index contributed by atoms with van der Waals surface area (Å²) in [5.74, 6) is -0.463. The Hall–Kier alpha value is -0.670. The number of amides is 1. The van der Waals surface area contributed by atoms with Crippen LogP contribution in [0.4, 0.5) is 0 Å². The van der Waals surface area contributed by atoms with E-state index in [2.05, 4.69) is 10.0 Å². The molecule has 18 heavy (non-hydrogen) atoms. The molecular weight excluding hydrogens is 280 g/mol. The lowest BCUT2D eigenvalue weighted by atomic mass is 10.1. The molecule has 2 rings (SSSR count). The minimum Gasteiger partial charge on any atom is -0.355 e. The Morgan fingerprint density at radius 2 is 2.00 bits per heavy atom. The molecule has 2 atom stereocenters. The number of piperidine rings is 1. The zero-order valence-corrected chi connectivity index (χ0v) is 11.4. The van der Waals surface area contributed by atoms with Crippen molar-refractivity contribution in [2.75, 3.05) is 18.1 Å². The fourth-order valence-corrected chi connectivity index (χ4v) is 6.49. The number of sulfone groups is 1. The molecule has 0 saturated carbocycles. The first kappa shape index (κ1) is 13.8. The van der Waals surface area contributed by atoms with Crippen LogP contribution in [0.15, 0.2) is 0 Å². The van der Waals surface area contributed by atoms with E-state index in [0.717, 1.165) is 0 Å². The van der Waals surface area contributed by atoms with Crippen molar-refractivity contribution in [2.24, 2.45) is 0 Å². The molecule has 2 heterocycles. The molecule has 2 aliphatic heterocycles. The largest absolute Gasteiger partial charge is 0.355 e. The van der Waals surface area contributed by atoms with Gasteiger partial charge < -0.3 is 5.32 Å². The lowest BCUT2D eigenvalue weighted by Crippen LogP contribution is -2.50. The highest BCUT2D eigenvalue weighted by molar-refractivity contribution is 7.95. The second kappa shape index (κ2) is 4.78. The van der Waals surface area contributed by atoms with E-state index in [4.69, 9.17) is 0 Å². The Balaban J connectivity index is 1.98. The van der Waals surface area contributed by atoms with Gasteiger partial charge in [0.1, 0.15) is 0 Å². The lowest BCUT2D eigenvalue weighted by Gasteiger charge is -2.24. The van der Waals surface area contributed by atoms with Crippen molar-refractivity contribution >= 4 is 25.8 Å². The topological polar surface area (TPSA) is 109 Å². The van der Waals surface area contributed by atoms with Gasteiger partial charge in [-0.25, -0.2) is 21.6 Å². The number of carbonyl (C=O) groups excluding carboxylic acids is 1. The van der Waals surface area contributed by atoms with E-state index >= 15 is 0 Å². The average molecular weight is 296 g/mol. The van der Waals surface area contributed by atoms with Gasteiger partial charge in [-0.15, -0.1) is 0 Å². The molecule has 2 saturated heterocycles. The molecule has 0 aromatic carbocycles. The fraction of sp³-hybridized carbons (Fsp3) is 0.889. The number of hydrogen-bond donors (Lipinski definition) is 2. The smallest absolute Gasteiger partial charge is 0.220 e. The van der Waals surface area contributed by atoms with Crippen molar-refractivity contribution in [3.8, 4) is 0 Å². The molecule has 2 N–H and O–H groups in total. The molecule has 7 nitrogen and oxygen atoms in total. The first-order chi connectivity index (χ1) is 8.28. The van der Waals surface area contributed by atoms with E-state index in [0.29, 0.717) is 6.42 Å². The molecule has 2 fully saturated rings. The molecule has 0 aromatic heterocycles. The summed E-state index contributed by atoms with van der Waals surface area (Å²) in [5.41, 5.74) is 0. The van der Waals surface area contributed by atoms with Gasteiger partial charge in [-0.3, -0.25) is 4.79 Å². The molecule has 0 aliphatic carbocycles. The van der Waals surface area contributed by atoms with E-state index in [1.807, 2.05) is 0 Å². The normalized spacial score (nSPS) is 32.1. The quantitative estimate of drug-likeness (QED) is 0.650. The fourth-order valence-electron chi connectivity index (χ4n) is 2.17. The number of sulfonamides is 1. The highest BCUT2D eigenvalue weighted by atomic mass is 32.2. The van der Waals surface area contributed by atoms with E-state index < -0.39 is 25.1 Å². The zero-order chi connectivity index (χ0) is 13.4. The third kappa shape index (κ3) is 3.21. The summed E-state index contributed by atoms with van der Waals surface area (Å²) >= 11 is 0. The summed E-state index contributed by atoms with van der Waals surface area (Å²) in [7, 11) is -6.85. The van der Waals surface area contributed by atoms with Crippen LogP contribution in [-0.2, 0) is 24.7 Å². The van der Waals surface area contributed by atoms with Gasteiger partial charge in [-0.2, -0.15) is 0 Å². The van der Waals surface area contributed by atoms with E-state index in [-0.39, 0.29) is 42.8 Å². The van der Waals surface area contributed by atoms with Crippen LogP contribution in [0.5, 0.6) is 0 Å². The predicted molar refractivity (Wildman–Crippen MR) is 65.1 cm³/mol. The number of nitrogens with one attached hydrogen (secondary N) is 2. The van der Waals surface area contributed by atoms with Crippen LogP contribution >= 0.6 is 0 Å². The Bertz CT molecular complexity index is 529. The highest BCUT2D eigenvalue weighted by Gasteiger charge is 2.38. The summed E-state index contributed by atoms with van der Waals surface area (Å²) in [6.45, 7) is 0.261. The van der Waals surface area contributed by atoms with Crippen molar-refractivity contribution in [3.63, 3.8) is 0 Å². The van der Waals surface area contributed by atoms with Crippen LogP contribution < -0.4 is 10.0 Å². The Morgan fingerprint density at radius 3 is 2.50 bits per heavy atom. The van der Waals surface area contributed by atoms with Gasteiger partial charge in [0, 0.05) is 19.0 Å². The van der Waals surface area contributed by atoms with Crippen LogP contribution in [-0.4, -0.2) is 52.1 Å². The molecule has 9 heteroatoms. The van der Waals surface area contributed by atoms with Gasteiger partial charge >= 0.3 is 0 Å². The van der Waals surface area contributed by atoms with Crippen LogP contribution in [0.2, 0.25) is 0 Å². The van der Waals surface area contributed by atoms with Crippen LogP contribution in [0.3, 0.4) is 0 Å². The van der Waals surface area contributed by atoms with Crippen molar-refractivity contribution in [2.45, 2.75) is 30.6 Å². The van der Waals surface area contributed by atoms with Gasteiger partial charge in [0.05, 0.1) is 16.8 Å². The molecule has 0 aromatic rings. The van der Waals surface area contributed by atoms with Crippen LogP contribution in [0, 0.1) is 0 Å². The molecular formula is C9H16N2O5S2. The molecule has 104 valence electrons. The second-order valence-electron chi connectivity index (χ2n) is 4.73. The summed E-state index contributed by atoms with van der Waals surface area (Å²) in [6, 6.07) is -0.337. The van der Waals surface area contributed by atoms with E-state index in [1.165, 1.54) is 0 Å². The van der Waals surface area contributed by atoms with Gasteiger partial charge in [0.25, 0.3) is 0 Å². The van der Waals surface area contributed by atoms with Crippen molar-refractivity contribution in [1.29, 1.82) is 0 Å². The maximum atomic E-state index is 12.0. The third-order valence-corrected chi connectivity index (χ3v) is 7.15. The molecule has 0 bridgehead atoms. The standard InChI is InChI=1S/C9H16N2O5S2/c12-9-2-1-7(5-10-9)11-18(15,16)8-3-4-17(13,14)6-8/h7-8,11H,1-6H2,(H,10,12). The monoisotopic (exact) mass is 296 g/mol. The third-order valence-electron chi connectivity index (χ3n) is 3.23. The second-order valence-corrected chi connectivity index (χ2v) is 8.95. The van der Waals surface area contributed by atoms with E-state index in [1.54, 1.807) is 0 Å². The SMILES string of the molecule is O=C1CCC(NS(=O)(=O)C2CCS(=O)(=O)C2)CN1. The maximum absolute atomic E-state index is 12.0. The van der Waals surface area contributed by atoms with Gasteiger partial charge in [-0.05, 0) is 12.8 Å². The average Bonchev–Trinajstić information content (AvgIpc) is 2.63. The minimum atomic E-state index is -3.63. The van der Waals surface area contributed by atoms with Crippen molar-refractivity contribution in [1.82, 2.24) is 10.0 Å². The van der Waals surface area contributed by atoms with Gasteiger partial charge in [-0.1, -0.05) is 0 Å². The molecule has 1 amide bonds. The molecule has 2 unspecified atom stereocenters. The summed E-state index contributed by atoms with van der Waals surface area (Å²) in [5, 5.41) is 1.72. The molecule has 0 radical (unpaired) electrons. The predicted octanol–water partition coefficient (Wildman–Crippen LogP) is -1.63. The Morgan fingerprint density at radius 1 is 1.28 bits per heavy atom. The van der Waals surface area contributed by atoms with Crippen molar-refractivity contribution < 1.29 is 21.6 Å². The summed E-state index contributed by atoms with van der Waals surface area (Å²) < 4.78 is 49.0. The summed E-state index contributed by atoms with van der Waals surface area (Å²) in [4.78, 5) is 10.9. The molecule has 2 aliphatic rings. The lowest BCUT2D eigenvalue weighted by molar-refractivity contribution is -0.122. The minimum absolute atomic E-state index is 0.0695. The highest BCUT2D eigenvalue weighted by Crippen LogP contribution is 2.19. The number of hydrogen-bond acceptors (Lipinski definition) is 5. The molecule has 0 spiro atoms. The van der Waals surface area contributed by atoms with E-state index in [9.17, 15) is 21.6 Å². The van der Waals surface area contributed by atoms with Crippen LogP contribution in [0.25, 0.3) is 0 Å². The van der Waals surface area contributed by atoms with Gasteiger partial charge in [0.15, 0.2) is 9.84 Å². The Kier molecular flexibility index (Phi) is 3.65. The van der Waals surface area contributed by atoms with Crippen LogP contribution in [0.1, 0.15) is 19.3 Å². The maximum Gasteiger partial charge on any atom is 0.220 e. The first-order valence-corrected chi connectivity index (χ1v) is 9.13. The number of rotatable bonds is 3. The zero-order valence-electron chi connectivity index (χ0n) is 9.76.